The minimum absolute atomic E-state index is 0. The van der Waals surface area contributed by atoms with Gasteiger partial charge in [0.25, 0.3) is 0 Å². The number of hydrogen-bond acceptors (Lipinski definition) is 1. The molecular weight excluding hydrogens is 129 g/mol. The van der Waals surface area contributed by atoms with Crippen molar-refractivity contribution in [3.63, 3.8) is 0 Å². The summed E-state index contributed by atoms with van der Waals surface area (Å²) in [5, 5.41) is 3.63. The van der Waals surface area contributed by atoms with Crippen molar-refractivity contribution in [2.45, 2.75) is 58.0 Å². The SMILES string of the molecule is CC1(C)CCCC(C)(C)N1.[LiH]. The van der Waals surface area contributed by atoms with Crippen molar-refractivity contribution in [2.75, 3.05) is 0 Å². The molecule has 2 heteroatoms. The number of piperidine rings is 1. The molecule has 0 atom stereocenters. The molecular formula is C9H20LiN. The Balaban J connectivity index is 0.000001000. The molecule has 1 aliphatic rings. The van der Waals surface area contributed by atoms with Crippen LogP contribution in [0, 0.1) is 0 Å². The zero-order chi connectivity index (χ0) is 7.83. The Bertz CT molecular complexity index is 116. The Hall–Kier alpha value is 0.557. The van der Waals surface area contributed by atoms with Gasteiger partial charge in [-0.25, -0.2) is 0 Å². The van der Waals surface area contributed by atoms with Gasteiger partial charge in [-0.1, -0.05) is 0 Å². The second-order valence-corrected chi connectivity index (χ2v) is 4.75. The van der Waals surface area contributed by atoms with E-state index in [-0.39, 0.29) is 18.9 Å². The third-order valence-corrected chi connectivity index (χ3v) is 2.28. The van der Waals surface area contributed by atoms with Gasteiger partial charge in [-0.2, -0.15) is 0 Å². The monoisotopic (exact) mass is 149 g/mol. The Morgan fingerprint density at radius 1 is 0.909 bits per heavy atom. The molecule has 0 aliphatic carbocycles. The summed E-state index contributed by atoms with van der Waals surface area (Å²) in [5.41, 5.74) is 0.726. The van der Waals surface area contributed by atoms with Crippen LogP contribution in [0.15, 0.2) is 0 Å². The minimum atomic E-state index is 0. The van der Waals surface area contributed by atoms with Gasteiger partial charge in [-0.05, 0) is 47.0 Å². The first kappa shape index (κ1) is 11.6. The zero-order valence-corrected chi connectivity index (χ0v) is 7.62. The molecule has 0 aromatic carbocycles. The summed E-state index contributed by atoms with van der Waals surface area (Å²) in [6.45, 7) is 9.14. The Morgan fingerprint density at radius 2 is 1.27 bits per heavy atom. The van der Waals surface area contributed by atoms with Gasteiger partial charge >= 0.3 is 18.9 Å². The van der Waals surface area contributed by atoms with Crippen molar-refractivity contribution in [2.24, 2.45) is 0 Å². The molecule has 1 N–H and O–H groups in total. The van der Waals surface area contributed by atoms with E-state index >= 15 is 0 Å². The van der Waals surface area contributed by atoms with E-state index in [1.54, 1.807) is 0 Å². The third-order valence-electron chi connectivity index (χ3n) is 2.28. The first-order valence-electron chi connectivity index (χ1n) is 4.21. The van der Waals surface area contributed by atoms with Crippen LogP contribution in [-0.2, 0) is 0 Å². The fourth-order valence-corrected chi connectivity index (χ4v) is 2.01. The second kappa shape index (κ2) is 3.52. The molecule has 0 saturated carbocycles. The first-order valence-corrected chi connectivity index (χ1v) is 4.21. The molecule has 1 fully saturated rings. The molecule has 1 rings (SSSR count). The molecule has 0 amide bonds. The van der Waals surface area contributed by atoms with E-state index in [4.69, 9.17) is 0 Å². The van der Waals surface area contributed by atoms with Crippen molar-refractivity contribution in [1.82, 2.24) is 5.32 Å². The molecule has 0 aromatic heterocycles. The number of rotatable bonds is 0. The van der Waals surface area contributed by atoms with Crippen LogP contribution in [0.25, 0.3) is 0 Å². The van der Waals surface area contributed by atoms with E-state index in [1.807, 2.05) is 0 Å². The van der Waals surface area contributed by atoms with E-state index in [2.05, 4.69) is 33.0 Å². The fourth-order valence-electron chi connectivity index (χ4n) is 2.01. The van der Waals surface area contributed by atoms with Crippen molar-refractivity contribution in [1.29, 1.82) is 0 Å². The average Bonchev–Trinajstić information content (AvgIpc) is 1.56. The van der Waals surface area contributed by atoms with E-state index in [9.17, 15) is 0 Å². The van der Waals surface area contributed by atoms with E-state index in [0.717, 1.165) is 0 Å². The van der Waals surface area contributed by atoms with Crippen LogP contribution in [0.4, 0.5) is 0 Å². The summed E-state index contributed by atoms with van der Waals surface area (Å²) >= 11 is 0. The van der Waals surface area contributed by atoms with Gasteiger partial charge < -0.3 is 5.32 Å². The molecule has 11 heavy (non-hydrogen) atoms. The van der Waals surface area contributed by atoms with Crippen LogP contribution in [-0.4, -0.2) is 29.9 Å². The van der Waals surface area contributed by atoms with Crippen LogP contribution in [0.2, 0.25) is 0 Å². The van der Waals surface area contributed by atoms with Crippen LogP contribution in [0.5, 0.6) is 0 Å². The van der Waals surface area contributed by atoms with Gasteiger partial charge in [-0.15, -0.1) is 0 Å². The molecule has 0 unspecified atom stereocenters. The predicted molar refractivity (Wildman–Crippen MR) is 52.3 cm³/mol. The Labute approximate surface area is 82.5 Å². The quantitative estimate of drug-likeness (QED) is 0.516. The summed E-state index contributed by atoms with van der Waals surface area (Å²) < 4.78 is 0. The van der Waals surface area contributed by atoms with Gasteiger partial charge in [0.15, 0.2) is 0 Å². The molecule has 1 aliphatic heterocycles. The molecule has 0 bridgehead atoms. The zero-order valence-electron chi connectivity index (χ0n) is 7.62. The maximum absolute atomic E-state index is 3.63. The average molecular weight is 149 g/mol. The topological polar surface area (TPSA) is 12.0 Å². The van der Waals surface area contributed by atoms with Crippen LogP contribution in [0.3, 0.4) is 0 Å². The molecule has 0 spiro atoms. The molecule has 1 saturated heterocycles. The number of hydrogen-bond donors (Lipinski definition) is 1. The normalized spacial score (nSPS) is 27.3. The van der Waals surface area contributed by atoms with Gasteiger partial charge in [0.05, 0.1) is 0 Å². The van der Waals surface area contributed by atoms with Crippen LogP contribution >= 0.6 is 0 Å². The summed E-state index contributed by atoms with van der Waals surface area (Å²) in [4.78, 5) is 0. The molecule has 62 valence electrons. The Morgan fingerprint density at radius 3 is 1.45 bits per heavy atom. The Kier molecular flexibility index (Phi) is 3.70. The van der Waals surface area contributed by atoms with E-state index < -0.39 is 0 Å². The molecule has 0 radical (unpaired) electrons. The van der Waals surface area contributed by atoms with Gasteiger partial charge in [0, 0.05) is 11.1 Å². The number of nitrogens with one attached hydrogen (secondary N) is 1. The standard InChI is InChI=1S/C9H19N.Li.H/c1-8(2)6-5-7-9(3,4)10-8;;/h10H,5-7H2,1-4H3;;. The van der Waals surface area contributed by atoms with Gasteiger partial charge in [0.1, 0.15) is 0 Å². The summed E-state index contributed by atoms with van der Waals surface area (Å²) in [5.74, 6) is 0. The van der Waals surface area contributed by atoms with Crippen LogP contribution < -0.4 is 5.32 Å². The van der Waals surface area contributed by atoms with Crippen molar-refractivity contribution >= 4 is 18.9 Å². The van der Waals surface area contributed by atoms with Crippen molar-refractivity contribution in [3.05, 3.63) is 0 Å². The summed E-state index contributed by atoms with van der Waals surface area (Å²) in [7, 11) is 0. The molecule has 1 heterocycles. The van der Waals surface area contributed by atoms with Gasteiger partial charge in [0.2, 0.25) is 0 Å². The van der Waals surface area contributed by atoms with Crippen molar-refractivity contribution in [3.8, 4) is 0 Å². The summed E-state index contributed by atoms with van der Waals surface area (Å²) in [6, 6.07) is 0. The van der Waals surface area contributed by atoms with E-state index in [1.165, 1.54) is 19.3 Å². The maximum atomic E-state index is 3.63. The molecule has 0 aromatic rings. The van der Waals surface area contributed by atoms with E-state index in [0.29, 0.717) is 11.1 Å². The second-order valence-electron chi connectivity index (χ2n) is 4.75. The fraction of sp³-hybridized carbons (Fsp3) is 1.00. The molecule has 1 nitrogen and oxygen atoms in total. The van der Waals surface area contributed by atoms with Crippen molar-refractivity contribution < 1.29 is 0 Å². The van der Waals surface area contributed by atoms with Crippen LogP contribution in [0.1, 0.15) is 47.0 Å². The first-order chi connectivity index (χ1) is 4.41. The third kappa shape index (κ3) is 3.65. The van der Waals surface area contributed by atoms with Gasteiger partial charge in [-0.3, -0.25) is 0 Å². The summed E-state index contributed by atoms with van der Waals surface area (Å²) in [6.07, 6.45) is 4.00. The predicted octanol–water partition coefficient (Wildman–Crippen LogP) is 1.67.